The summed E-state index contributed by atoms with van der Waals surface area (Å²) in [6.07, 6.45) is -3.34. The molecule has 9 heteroatoms. The van der Waals surface area contributed by atoms with Crippen molar-refractivity contribution in [3.63, 3.8) is 0 Å². The van der Waals surface area contributed by atoms with Gasteiger partial charge in [-0.1, -0.05) is 37.6 Å². The number of aromatic nitrogens is 2. The molecule has 1 N–H and O–H groups in total. The number of halogens is 3. The Bertz CT molecular complexity index is 1300. The smallest absolute Gasteiger partial charge is 0.416 e. The predicted octanol–water partition coefficient (Wildman–Crippen LogP) is 6.92. The highest BCUT2D eigenvalue weighted by molar-refractivity contribution is 7.00. The average molecular weight is 487 g/mol. The molecule has 0 aliphatic rings. The number of fused-ring (bicyclic) bond motifs is 1. The number of ether oxygens (including phenoxy) is 1. The fourth-order valence-corrected chi connectivity index (χ4v) is 4.25. The lowest BCUT2D eigenvalue weighted by Gasteiger charge is -2.17. The van der Waals surface area contributed by atoms with Crippen molar-refractivity contribution in [3.8, 4) is 16.9 Å². The largest absolute Gasteiger partial charge is 0.489 e. The number of carboxylic acids is 1. The minimum absolute atomic E-state index is 0.217. The van der Waals surface area contributed by atoms with Crippen molar-refractivity contribution >= 4 is 28.7 Å². The number of hydrogen-bond donors (Lipinski definition) is 1. The molecule has 0 radical (unpaired) electrons. The summed E-state index contributed by atoms with van der Waals surface area (Å²) in [5.74, 6) is -1.27. The first-order valence-corrected chi connectivity index (χ1v) is 11.4. The first-order valence-electron chi connectivity index (χ1n) is 10.6. The highest BCUT2D eigenvalue weighted by Gasteiger charge is 2.30. The molecule has 4 aromatic rings. The second-order valence-corrected chi connectivity index (χ2v) is 8.45. The zero-order chi connectivity index (χ0) is 24.3. The molecule has 0 saturated carbocycles. The number of nitrogens with zero attached hydrogens (tertiary/aromatic N) is 2. The van der Waals surface area contributed by atoms with Crippen LogP contribution in [0.1, 0.15) is 42.4 Å². The lowest BCUT2D eigenvalue weighted by molar-refractivity contribution is -0.139. The molecular weight excluding hydrogens is 465 g/mol. The van der Waals surface area contributed by atoms with Gasteiger partial charge in [-0.2, -0.15) is 21.9 Å². The third kappa shape index (κ3) is 5.36. The maximum Gasteiger partial charge on any atom is 0.416 e. The van der Waals surface area contributed by atoms with Crippen LogP contribution < -0.4 is 4.74 Å². The monoisotopic (exact) mass is 486 g/mol. The Balaban J connectivity index is 1.68. The van der Waals surface area contributed by atoms with Crippen molar-refractivity contribution in [2.75, 3.05) is 0 Å². The molecule has 1 atom stereocenters. The molecule has 1 aromatic heterocycles. The highest BCUT2D eigenvalue weighted by atomic mass is 32.1. The van der Waals surface area contributed by atoms with Gasteiger partial charge in [-0.15, -0.1) is 0 Å². The number of alkyl halides is 3. The van der Waals surface area contributed by atoms with Crippen LogP contribution in [0.5, 0.6) is 5.75 Å². The molecule has 0 aliphatic carbocycles. The second-order valence-electron chi connectivity index (χ2n) is 7.92. The molecule has 4 rings (SSSR count). The van der Waals surface area contributed by atoms with E-state index in [0.717, 1.165) is 40.5 Å². The number of carboxylic acid groups (broad SMARTS) is 1. The van der Waals surface area contributed by atoms with Crippen LogP contribution in [0.25, 0.3) is 22.2 Å². The Kier molecular flexibility index (Phi) is 6.83. The number of aliphatic carboxylic acids is 1. The summed E-state index contributed by atoms with van der Waals surface area (Å²) in [6.45, 7) is 2.12. The van der Waals surface area contributed by atoms with Gasteiger partial charge in [0.05, 0.1) is 23.2 Å². The van der Waals surface area contributed by atoms with E-state index < -0.39 is 23.6 Å². The summed E-state index contributed by atoms with van der Waals surface area (Å²) in [5.41, 5.74) is 3.34. The van der Waals surface area contributed by atoms with E-state index >= 15 is 0 Å². The van der Waals surface area contributed by atoms with Gasteiger partial charge in [-0.25, -0.2) is 0 Å². The Morgan fingerprint density at radius 1 is 1.00 bits per heavy atom. The van der Waals surface area contributed by atoms with Crippen LogP contribution >= 0.6 is 11.7 Å². The molecule has 0 aliphatic heterocycles. The van der Waals surface area contributed by atoms with E-state index in [-0.39, 0.29) is 6.61 Å². The van der Waals surface area contributed by atoms with E-state index in [9.17, 15) is 23.1 Å². The van der Waals surface area contributed by atoms with Crippen LogP contribution in [-0.2, 0) is 17.6 Å². The van der Waals surface area contributed by atoms with Crippen molar-refractivity contribution in [1.29, 1.82) is 0 Å². The van der Waals surface area contributed by atoms with Gasteiger partial charge in [0.15, 0.2) is 0 Å². The quantitative estimate of drug-likeness (QED) is 0.293. The number of rotatable bonds is 8. The topological polar surface area (TPSA) is 72.3 Å². The van der Waals surface area contributed by atoms with Crippen molar-refractivity contribution in [3.05, 3.63) is 77.4 Å². The standard InChI is InChI=1S/C25H21F3N2O3S/c1-2-3-21(24(31)32)18-11-17(16-5-7-19(8-6-16)25(26,27)28)12-20(13-18)33-14-15-4-9-22-23(10-15)30-34-29-22/h4-13,21H,2-3,14H2,1H3,(H,31,32). The van der Waals surface area contributed by atoms with Crippen LogP contribution in [0.2, 0.25) is 0 Å². The fourth-order valence-electron chi connectivity index (χ4n) is 3.73. The molecule has 0 fully saturated rings. The number of benzene rings is 3. The molecule has 1 unspecified atom stereocenters. The van der Waals surface area contributed by atoms with Crippen molar-refractivity contribution in [1.82, 2.24) is 8.75 Å². The Hall–Kier alpha value is -3.46. The molecule has 176 valence electrons. The van der Waals surface area contributed by atoms with E-state index in [1.807, 2.05) is 25.1 Å². The van der Waals surface area contributed by atoms with Crippen LogP contribution in [0, 0.1) is 0 Å². The molecule has 0 spiro atoms. The maximum absolute atomic E-state index is 13.0. The van der Waals surface area contributed by atoms with E-state index in [1.54, 1.807) is 18.2 Å². The predicted molar refractivity (Wildman–Crippen MR) is 124 cm³/mol. The Labute approximate surface area is 198 Å². The van der Waals surface area contributed by atoms with Crippen LogP contribution in [0.15, 0.2) is 60.7 Å². The molecule has 34 heavy (non-hydrogen) atoms. The third-order valence-corrected chi connectivity index (χ3v) is 6.03. The summed E-state index contributed by atoms with van der Waals surface area (Å²) in [7, 11) is 0. The fraction of sp³-hybridized carbons (Fsp3) is 0.240. The van der Waals surface area contributed by atoms with Crippen molar-refractivity contribution in [2.24, 2.45) is 0 Å². The molecule has 1 heterocycles. The van der Waals surface area contributed by atoms with E-state index in [2.05, 4.69) is 8.75 Å². The summed E-state index contributed by atoms with van der Waals surface area (Å²) >= 11 is 1.12. The lowest BCUT2D eigenvalue weighted by atomic mass is 9.91. The van der Waals surface area contributed by atoms with Gasteiger partial charge in [-0.05, 0) is 65.1 Å². The minimum Gasteiger partial charge on any atom is -0.489 e. The molecule has 0 amide bonds. The zero-order valence-electron chi connectivity index (χ0n) is 18.2. The zero-order valence-corrected chi connectivity index (χ0v) is 19.0. The Morgan fingerprint density at radius 2 is 1.74 bits per heavy atom. The lowest BCUT2D eigenvalue weighted by Crippen LogP contribution is -2.12. The highest BCUT2D eigenvalue weighted by Crippen LogP contribution is 2.35. The summed E-state index contributed by atoms with van der Waals surface area (Å²) < 4.78 is 53.3. The SMILES string of the molecule is CCCC(C(=O)O)c1cc(OCc2ccc3nsnc3c2)cc(-c2ccc(C(F)(F)F)cc2)c1. The Morgan fingerprint density at radius 3 is 2.41 bits per heavy atom. The molecule has 0 saturated heterocycles. The van der Waals surface area contributed by atoms with Gasteiger partial charge in [0.25, 0.3) is 0 Å². The second kappa shape index (κ2) is 9.80. The minimum atomic E-state index is -4.43. The molecule has 0 bridgehead atoms. The normalized spacial score (nSPS) is 12.6. The summed E-state index contributed by atoms with van der Waals surface area (Å²) in [6, 6.07) is 15.5. The molecular formula is C25H21F3N2O3S. The van der Waals surface area contributed by atoms with Gasteiger partial charge >= 0.3 is 12.1 Å². The van der Waals surface area contributed by atoms with Gasteiger partial charge in [0, 0.05) is 0 Å². The van der Waals surface area contributed by atoms with Crippen LogP contribution in [0.3, 0.4) is 0 Å². The van der Waals surface area contributed by atoms with Gasteiger partial charge < -0.3 is 9.84 Å². The first kappa shape index (κ1) is 23.7. The molecule has 5 nitrogen and oxygen atoms in total. The van der Waals surface area contributed by atoms with Gasteiger partial charge in [0.1, 0.15) is 23.4 Å². The first-order chi connectivity index (χ1) is 16.2. The summed E-state index contributed by atoms with van der Waals surface area (Å²) in [4.78, 5) is 11.9. The van der Waals surface area contributed by atoms with Gasteiger partial charge in [-0.3, -0.25) is 4.79 Å². The van der Waals surface area contributed by atoms with Crippen molar-refractivity contribution < 1.29 is 27.8 Å². The third-order valence-electron chi connectivity index (χ3n) is 5.48. The molecule has 3 aromatic carbocycles. The number of hydrogen-bond acceptors (Lipinski definition) is 5. The number of carbonyl (C=O) groups is 1. The maximum atomic E-state index is 13.0. The van der Waals surface area contributed by atoms with Crippen LogP contribution in [-0.4, -0.2) is 19.8 Å². The van der Waals surface area contributed by atoms with E-state index in [4.69, 9.17) is 4.74 Å². The van der Waals surface area contributed by atoms with Gasteiger partial charge in [0.2, 0.25) is 0 Å². The summed E-state index contributed by atoms with van der Waals surface area (Å²) in [5, 5.41) is 9.75. The average Bonchev–Trinajstić information content (AvgIpc) is 3.28. The van der Waals surface area contributed by atoms with Crippen LogP contribution in [0.4, 0.5) is 13.2 Å². The van der Waals surface area contributed by atoms with E-state index in [1.165, 1.54) is 12.1 Å². The van der Waals surface area contributed by atoms with Crippen molar-refractivity contribution in [2.45, 2.75) is 38.5 Å². The van der Waals surface area contributed by atoms with E-state index in [0.29, 0.717) is 35.3 Å².